The minimum absolute atomic E-state index is 0.161. The normalized spacial score (nSPS) is 15.9. The molecule has 1 aliphatic heterocycles. The van der Waals surface area contributed by atoms with Crippen LogP contribution in [0.3, 0.4) is 0 Å². The molecule has 9 heteroatoms. The van der Waals surface area contributed by atoms with E-state index in [1.54, 1.807) is 18.2 Å². The molecular weight excluding hydrogens is 409 g/mol. The summed E-state index contributed by atoms with van der Waals surface area (Å²) >= 11 is 12.0. The highest BCUT2D eigenvalue weighted by atomic mass is 35.5. The van der Waals surface area contributed by atoms with E-state index in [0.29, 0.717) is 16.7 Å². The molecule has 2 heterocycles. The Kier molecular flexibility index (Phi) is 6.60. The van der Waals surface area contributed by atoms with Crippen molar-refractivity contribution >= 4 is 39.0 Å². The van der Waals surface area contributed by atoms with Crippen LogP contribution in [0, 0.1) is 0 Å². The molecule has 146 valence electrons. The van der Waals surface area contributed by atoms with E-state index in [2.05, 4.69) is 14.6 Å². The standard InChI is InChI=1S/C18H21Cl2N3O3S/c1-21-27(24,25)15-3-5-18(22-11-15)23-8-6-14(7-9-23)26-12-13-2-4-16(19)17(20)10-13/h2-5,10-11,14,21H,6-9,12H2,1H3. The summed E-state index contributed by atoms with van der Waals surface area (Å²) in [5.41, 5.74) is 0.995. The molecule has 0 saturated carbocycles. The average Bonchev–Trinajstić information content (AvgIpc) is 2.69. The second-order valence-corrected chi connectivity index (χ2v) is 9.01. The number of pyridine rings is 1. The van der Waals surface area contributed by atoms with Gasteiger partial charge in [0.15, 0.2) is 0 Å². The number of nitrogens with one attached hydrogen (secondary N) is 1. The molecule has 0 unspecified atom stereocenters. The van der Waals surface area contributed by atoms with Gasteiger partial charge < -0.3 is 9.64 Å². The van der Waals surface area contributed by atoms with Crippen LogP contribution in [0.1, 0.15) is 18.4 Å². The van der Waals surface area contributed by atoms with Crippen molar-refractivity contribution < 1.29 is 13.2 Å². The number of benzene rings is 1. The van der Waals surface area contributed by atoms with Crippen molar-refractivity contribution in [1.82, 2.24) is 9.71 Å². The van der Waals surface area contributed by atoms with Gasteiger partial charge in [0, 0.05) is 19.3 Å². The molecule has 1 fully saturated rings. The molecule has 1 aromatic carbocycles. The highest BCUT2D eigenvalue weighted by Gasteiger charge is 2.21. The summed E-state index contributed by atoms with van der Waals surface area (Å²) in [6.45, 7) is 2.10. The lowest BCUT2D eigenvalue weighted by atomic mass is 10.1. The minimum atomic E-state index is -3.46. The Bertz CT molecular complexity index is 883. The summed E-state index contributed by atoms with van der Waals surface area (Å²) in [7, 11) is -2.08. The van der Waals surface area contributed by atoms with Gasteiger partial charge >= 0.3 is 0 Å². The monoisotopic (exact) mass is 429 g/mol. The molecule has 0 atom stereocenters. The van der Waals surface area contributed by atoms with Crippen molar-refractivity contribution in [3.63, 3.8) is 0 Å². The SMILES string of the molecule is CNS(=O)(=O)c1ccc(N2CCC(OCc3ccc(Cl)c(Cl)c3)CC2)nc1. The van der Waals surface area contributed by atoms with Gasteiger partial charge in [-0.25, -0.2) is 18.1 Å². The van der Waals surface area contributed by atoms with Gasteiger partial charge in [-0.05, 0) is 49.7 Å². The number of sulfonamides is 1. The van der Waals surface area contributed by atoms with E-state index in [4.69, 9.17) is 27.9 Å². The molecule has 2 aromatic rings. The zero-order valence-corrected chi connectivity index (χ0v) is 17.2. The lowest BCUT2D eigenvalue weighted by molar-refractivity contribution is 0.0250. The number of nitrogens with zero attached hydrogens (tertiary/aromatic N) is 2. The fourth-order valence-corrected chi connectivity index (χ4v) is 3.93. The summed E-state index contributed by atoms with van der Waals surface area (Å²) in [5, 5.41) is 1.07. The molecule has 0 radical (unpaired) electrons. The maximum atomic E-state index is 11.8. The minimum Gasteiger partial charge on any atom is -0.373 e. The molecule has 1 N–H and O–H groups in total. The van der Waals surface area contributed by atoms with Gasteiger partial charge in [-0.2, -0.15) is 0 Å². The Morgan fingerprint density at radius 1 is 1.19 bits per heavy atom. The first-order chi connectivity index (χ1) is 12.9. The van der Waals surface area contributed by atoms with Gasteiger partial charge in [0.05, 0.1) is 22.8 Å². The zero-order valence-electron chi connectivity index (χ0n) is 14.9. The molecule has 27 heavy (non-hydrogen) atoms. The van der Waals surface area contributed by atoms with E-state index in [-0.39, 0.29) is 11.0 Å². The maximum absolute atomic E-state index is 11.8. The number of piperidine rings is 1. The van der Waals surface area contributed by atoms with Gasteiger partial charge in [0.1, 0.15) is 10.7 Å². The first kappa shape index (κ1) is 20.4. The van der Waals surface area contributed by atoms with Crippen LogP contribution in [-0.2, 0) is 21.4 Å². The Morgan fingerprint density at radius 2 is 1.93 bits per heavy atom. The van der Waals surface area contributed by atoms with Crippen molar-refractivity contribution in [2.75, 3.05) is 25.0 Å². The molecular formula is C18H21Cl2N3O3S. The molecule has 0 bridgehead atoms. The third kappa shape index (κ3) is 5.12. The number of hydrogen-bond donors (Lipinski definition) is 1. The van der Waals surface area contributed by atoms with Gasteiger partial charge in [-0.3, -0.25) is 0 Å². The predicted molar refractivity (Wildman–Crippen MR) is 107 cm³/mol. The fourth-order valence-electron chi connectivity index (χ4n) is 2.93. The molecule has 1 saturated heterocycles. The summed E-state index contributed by atoms with van der Waals surface area (Å²) < 4.78 is 31.8. The summed E-state index contributed by atoms with van der Waals surface area (Å²) in [6.07, 6.45) is 3.30. The zero-order chi connectivity index (χ0) is 19.4. The Hall–Kier alpha value is -1.38. The third-order valence-electron chi connectivity index (χ3n) is 4.54. The van der Waals surface area contributed by atoms with Crippen molar-refractivity contribution in [3.05, 3.63) is 52.1 Å². The summed E-state index contributed by atoms with van der Waals surface area (Å²) in [4.78, 5) is 6.59. The van der Waals surface area contributed by atoms with Crippen LogP contribution in [-0.4, -0.2) is 39.6 Å². The van der Waals surface area contributed by atoms with Crippen LogP contribution >= 0.6 is 23.2 Å². The number of ether oxygens (including phenoxy) is 1. The summed E-state index contributed by atoms with van der Waals surface area (Å²) in [5.74, 6) is 0.771. The van der Waals surface area contributed by atoms with Gasteiger partial charge in [0.25, 0.3) is 0 Å². The molecule has 3 rings (SSSR count). The predicted octanol–water partition coefficient (Wildman–Crippen LogP) is 3.48. The van der Waals surface area contributed by atoms with E-state index in [0.717, 1.165) is 37.3 Å². The van der Waals surface area contributed by atoms with Crippen molar-refractivity contribution in [2.24, 2.45) is 0 Å². The van der Waals surface area contributed by atoms with Crippen LogP contribution in [0.25, 0.3) is 0 Å². The number of aromatic nitrogens is 1. The number of halogens is 2. The molecule has 1 aliphatic rings. The highest BCUT2D eigenvalue weighted by Crippen LogP contribution is 2.25. The second kappa shape index (κ2) is 8.75. The van der Waals surface area contributed by atoms with Crippen molar-refractivity contribution in [1.29, 1.82) is 0 Å². The Labute approximate surface area is 169 Å². The van der Waals surface area contributed by atoms with Gasteiger partial charge in [-0.1, -0.05) is 29.3 Å². The van der Waals surface area contributed by atoms with E-state index in [1.807, 2.05) is 12.1 Å². The van der Waals surface area contributed by atoms with Gasteiger partial charge in [0.2, 0.25) is 10.0 Å². The van der Waals surface area contributed by atoms with Crippen LogP contribution in [0.15, 0.2) is 41.4 Å². The van der Waals surface area contributed by atoms with Crippen molar-refractivity contribution in [2.45, 2.75) is 30.4 Å². The fraction of sp³-hybridized carbons (Fsp3) is 0.389. The van der Waals surface area contributed by atoms with Crippen molar-refractivity contribution in [3.8, 4) is 0 Å². The van der Waals surface area contributed by atoms with E-state index >= 15 is 0 Å². The molecule has 0 amide bonds. The number of hydrogen-bond acceptors (Lipinski definition) is 5. The van der Waals surface area contributed by atoms with E-state index in [1.165, 1.54) is 13.2 Å². The van der Waals surface area contributed by atoms with Crippen LogP contribution < -0.4 is 9.62 Å². The van der Waals surface area contributed by atoms with Gasteiger partial charge in [-0.15, -0.1) is 0 Å². The first-order valence-electron chi connectivity index (χ1n) is 8.59. The first-order valence-corrected chi connectivity index (χ1v) is 10.8. The third-order valence-corrected chi connectivity index (χ3v) is 6.67. The lowest BCUT2D eigenvalue weighted by Crippen LogP contribution is -2.37. The van der Waals surface area contributed by atoms with E-state index in [9.17, 15) is 8.42 Å². The second-order valence-electron chi connectivity index (χ2n) is 6.31. The maximum Gasteiger partial charge on any atom is 0.241 e. The van der Waals surface area contributed by atoms with Crippen LogP contribution in [0.2, 0.25) is 10.0 Å². The van der Waals surface area contributed by atoms with Crippen LogP contribution in [0.4, 0.5) is 5.82 Å². The quantitative estimate of drug-likeness (QED) is 0.760. The smallest absolute Gasteiger partial charge is 0.241 e. The van der Waals surface area contributed by atoms with Crippen LogP contribution in [0.5, 0.6) is 0 Å². The largest absolute Gasteiger partial charge is 0.373 e. The molecule has 0 spiro atoms. The molecule has 1 aromatic heterocycles. The molecule has 6 nitrogen and oxygen atoms in total. The topological polar surface area (TPSA) is 71.5 Å². The average molecular weight is 430 g/mol. The Balaban J connectivity index is 1.52. The highest BCUT2D eigenvalue weighted by molar-refractivity contribution is 7.89. The summed E-state index contributed by atoms with van der Waals surface area (Å²) in [6, 6.07) is 8.81. The lowest BCUT2D eigenvalue weighted by Gasteiger charge is -2.32. The number of anilines is 1. The number of rotatable bonds is 6. The van der Waals surface area contributed by atoms with E-state index < -0.39 is 10.0 Å². The Morgan fingerprint density at radius 3 is 2.52 bits per heavy atom. The molecule has 0 aliphatic carbocycles.